The first-order chi connectivity index (χ1) is 12.5. The number of hydrogen-bond acceptors (Lipinski definition) is 3. The Hall–Kier alpha value is -3.15. The third-order valence-electron chi connectivity index (χ3n) is 4.08. The van der Waals surface area contributed by atoms with Gasteiger partial charge in [0.15, 0.2) is 4.80 Å². The SMILES string of the molecule is C#CCn1c(=NC(=O)c2ccc(C#N)cc2)sc2cc(C(C)C)ccc21. The van der Waals surface area contributed by atoms with Crippen molar-refractivity contribution in [3.05, 3.63) is 64.0 Å². The quantitative estimate of drug-likeness (QED) is 0.662. The molecule has 1 heterocycles. The van der Waals surface area contributed by atoms with Gasteiger partial charge in [-0.3, -0.25) is 4.79 Å². The molecule has 5 heteroatoms. The molecule has 0 aliphatic carbocycles. The number of carbonyl (C=O) groups excluding carboxylic acids is 1. The molecule has 4 nitrogen and oxygen atoms in total. The maximum absolute atomic E-state index is 12.5. The number of hydrogen-bond donors (Lipinski definition) is 0. The molecule has 0 N–H and O–H groups in total. The monoisotopic (exact) mass is 359 g/mol. The van der Waals surface area contributed by atoms with Crippen molar-refractivity contribution in [2.24, 2.45) is 4.99 Å². The van der Waals surface area contributed by atoms with Gasteiger partial charge < -0.3 is 4.57 Å². The Balaban J connectivity index is 2.11. The average molecular weight is 359 g/mol. The molecule has 0 spiro atoms. The molecule has 2 aromatic carbocycles. The summed E-state index contributed by atoms with van der Waals surface area (Å²) in [7, 11) is 0. The number of aromatic nitrogens is 1. The second kappa shape index (κ2) is 7.39. The minimum atomic E-state index is -0.351. The summed E-state index contributed by atoms with van der Waals surface area (Å²) >= 11 is 1.45. The van der Waals surface area contributed by atoms with Gasteiger partial charge in [0.2, 0.25) is 0 Å². The van der Waals surface area contributed by atoms with Crippen LogP contribution in [-0.4, -0.2) is 10.5 Å². The van der Waals surface area contributed by atoms with Crippen LogP contribution in [0, 0.1) is 23.7 Å². The fourth-order valence-corrected chi connectivity index (χ4v) is 3.69. The number of nitrogens with zero attached hydrogens (tertiary/aromatic N) is 3. The van der Waals surface area contributed by atoms with Crippen LogP contribution in [0.15, 0.2) is 47.5 Å². The zero-order valence-electron chi connectivity index (χ0n) is 14.6. The summed E-state index contributed by atoms with van der Waals surface area (Å²) in [6.07, 6.45) is 5.51. The highest BCUT2D eigenvalue weighted by atomic mass is 32.1. The number of carbonyl (C=O) groups is 1. The number of terminal acetylenes is 1. The van der Waals surface area contributed by atoms with Crippen LogP contribution >= 0.6 is 11.3 Å². The average Bonchev–Trinajstić information content (AvgIpc) is 2.98. The van der Waals surface area contributed by atoms with Crippen LogP contribution in [0.25, 0.3) is 10.2 Å². The zero-order valence-corrected chi connectivity index (χ0v) is 15.4. The van der Waals surface area contributed by atoms with E-state index in [0.29, 0.717) is 28.4 Å². The standard InChI is InChI=1S/C21H17N3OS/c1-4-11-24-18-10-9-17(14(2)3)12-19(18)26-21(24)23-20(25)16-7-5-15(13-22)6-8-16/h1,5-10,12,14H,11H2,2-3H3. The van der Waals surface area contributed by atoms with Gasteiger partial charge in [-0.2, -0.15) is 10.3 Å². The maximum Gasteiger partial charge on any atom is 0.279 e. The van der Waals surface area contributed by atoms with E-state index in [1.54, 1.807) is 24.3 Å². The van der Waals surface area contributed by atoms with Gasteiger partial charge in [0, 0.05) is 5.56 Å². The Labute approximate surface area is 156 Å². The molecular weight excluding hydrogens is 342 g/mol. The van der Waals surface area contributed by atoms with Gasteiger partial charge in [0.25, 0.3) is 5.91 Å². The highest BCUT2D eigenvalue weighted by Crippen LogP contribution is 2.23. The first-order valence-electron chi connectivity index (χ1n) is 8.19. The lowest BCUT2D eigenvalue weighted by Gasteiger charge is -2.05. The van der Waals surface area contributed by atoms with Crippen LogP contribution in [0.4, 0.5) is 0 Å². The Morgan fingerprint density at radius 1 is 1.27 bits per heavy atom. The van der Waals surface area contributed by atoms with E-state index in [0.717, 1.165) is 10.2 Å². The predicted molar refractivity (Wildman–Crippen MR) is 104 cm³/mol. The third-order valence-corrected chi connectivity index (χ3v) is 5.12. The molecule has 0 saturated heterocycles. The molecule has 0 unspecified atom stereocenters. The van der Waals surface area contributed by atoms with Crippen LogP contribution in [0.1, 0.15) is 41.3 Å². The van der Waals surface area contributed by atoms with E-state index in [2.05, 4.69) is 36.9 Å². The van der Waals surface area contributed by atoms with Gasteiger partial charge in [0.05, 0.1) is 28.4 Å². The van der Waals surface area contributed by atoms with Gasteiger partial charge >= 0.3 is 0 Å². The summed E-state index contributed by atoms with van der Waals surface area (Å²) in [5, 5.41) is 8.86. The molecule has 3 aromatic rings. The molecule has 0 atom stereocenters. The van der Waals surface area contributed by atoms with Crippen LogP contribution in [0.2, 0.25) is 0 Å². The minimum absolute atomic E-state index is 0.348. The number of benzene rings is 2. The Morgan fingerprint density at radius 3 is 2.62 bits per heavy atom. The highest BCUT2D eigenvalue weighted by Gasteiger charge is 2.10. The minimum Gasteiger partial charge on any atom is -0.305 e. The predicted octanol–water partition coefficient (Wildman–Crippen LogP) is 4.07. The van der Waals surface area contributed by atoms with E-state index in [1.807, 2.05) is 16.7 Å². The van der Waals surface area contributed by atoms with Crippen molar-refractivity contribution in [2.45, 2.75) is 26.3 Å². The van der Waals surface area contributed by atoms with Gasteiger partial charge in [-0.05, 0) is 47.9 Å². The zero-order chi connectivity index (χ0) is 18.7. The van der Waals surface area contributed by atoms with Crippen molar-refractivity contribution in [3.63, 3.8) is 0 Å². The lowest BCUT2D eigenvalue weighted by atomic mass is 10.0. The molecule has 3 rings (SSSR count). The molecule has 128 valence electrons. The van der Waals surface area contributed by atoms with Gasteiger partial charge in [0.1, 0.15) is 0 Å². The molecule has 1 amide bonds. The lowest BCUT2D eigenvalue weighted by molar-refractivity contribution is 0.0998. The van der Waals surface area contributed by atoms with Gasteiger partial charge in [-0.1, -0.05) is 37.2 Å². The second-order valence-electron chi connectivity index (χ2n) is 6.16. The fraction of sp³-hybridized carbons (Fsp3) is 0.190. The molecule has 0 aliphatic heterocycles. The normalized spacial score (nSPS) is 11.5. The molecule has 1 aromatic heterocycles. The fourth-order valence-electron chi connectivity index (χ4n) is 2.62. The molecule has 0 bridgehead atoms. The Kier molecular flexibility index (Phi) is 5.02. The van der Waals surface area contributed by atoms with Crippen molar-refractivity contribution in [3.8, 4) is 18.4 Å². The summed E-state index contributed by atoms with van der Waals surface area (Å²) in [4.78, 5) is 17.4. The molecule has 26 heavy (non-hydrogen) atoms. The summed E-state index contributed by atoms with van der Waals surface area (Å²) in [6.45, 7) is 4.63. The van der Waals surface area contributed by atoms with Crippen molar-refractivity contribution < 1.29 is 4.79 Å². The Bertz CT molecular complexity index is 1120. The number of thiazole rings is 1. The summed E-state index contributed by atoms with van der Waals surface area (Å²) in [5.74, 6) is 2.70. The maximum atomic E-state index is 12.5. The Morgan fingerprint density at radius 2 is 2.00 bits per heavy atom. The first-order valence-corrected chi connectivity index (χ1v) is 9.01. The van der Waals surface area contributed by atoms with E-state index in [9.17, 15) is 4.79 Å². The molecule has 0 radical (unpaired) electrons. The van der Waals surface area contributed by atoms with Crippen molar-refractivity contribution in [2.75, 3.05) is 0 Å². The van der Waals surface area contributed by atoms with Gasteiger partial charge in [-0.15, -0.1) is 6.42 Å². The number of nitriles is 1. The van der Waals surface area contributed by atoms with E-state index in [4.69, 9.17) is 11.7 Å². The van der Waals surface area contributed by atoms with Crippen LogP contribution in [-0.2, 0) is 6.54 Å². The van der Waals surface area contributed by atoms with Gasteiger partial charge in [-0.25, -0.2) is 0 Å². The second-order valence-corrected chi connectivity index (χ2v) is 7.17. The smallest absolute Gasteiger partial charge is 0.279 e. The topological polar surface area (TPSA) is 58.1 Å². The molecule has 0 fully saturated rings. The first kappa shape index (κ1) is 17.7. The largest absolute Gasteiger partial charge is 0.305 e. The van der Waals surface area contributed by atoms with Crippen LogP contribution in [0.5, 0.6) is 0 Å². The van der Waals surface area contributed by atoms with Crippen LogP contribution < -0.4 is 4.80 Å². The van der Waals surface area contributed by atoms with E-state index in [-0.39, 0.29) is 5.91 Å². The number of fused-ring (bicyclic) bond motifs is 1. The van der Waals surface area contributed by atoms with Crippen molar-refractivity contribution >= 4 is 27.5 Å². The summed E-state index contributed by atoms with van der Waals surface area (Å²) in [5.41, 5.74) is 3.16. The summed E-state index contributed by atoms with van der Waals surface area (Å²) in [6, 6.07) is 14.7. The highest BCUT2D eigenvalue weighted by molar-refractivity contribution is 7.16. The van der Waals surface area contributed by atoms with E-state index >= 15 is 0 Å². The summed E-state index contributed by atoms with van der Waals surface area (Å²) < 4.78 is 2.93. The molecular formula is C21H17N3OS. The molecule has 0 aliphatic rings. The molecule has 0 saturated carbocycles. The number of rotatable bonds is 3. The third kappa shape index (κ3) is 3.44. The van der Waals surface area contributed by atoms with E-state index in [1.165, 1.54) is 16.9 Å². The lowest BCUT2D eigenvalue weighted by Crippen LogP contribution is -2.16. The van der Waals surface area contributed by atoms with E-state index < -0.39 is 0 Å². The number of amides is 1. The van der Waals surface area contributed by atoms with Crippen molar-refractivity contribution in [1.29, 1.82) is 5.26 Å². The van der Waals surface area contributed by atoms with Crippen molar-refractivity contribution in [1.82, 2.24) is 4.57 Å². The van der Waals surface area contributed by atoms with Crippen LogP contribution in [0.3, 0.4) is 0 Å².